The summed E-state index contributed by atoms with van der Waals surface area (Å²) < 4.78 is 1.71. The minimum absolute atomic E-state index is 0.0809. The van der Waals surface area contributed by atoms with Crippen LogP contribution in [0.25, 0.3) is 0 Å². The zero-order valence-corrected chi connectivity index (χ0v) is 10.4. The van der Waals surface area contributed by atoms with Crippen molar-refractivity contribution >= 4 is 11.9 Å². The second-order valence-corrected chi connectivity index (χ2v) is 4.05. The van der Waals surface area contributed by atoms with Crippen LogP contribution in [0.1, 0.15) is 17.8 Å². The summed E-state index contributed by atoms with van der Waals surface area (Å²) >= 11 is 0. The molecule has 0 aliphatic carbocycles. The number of rotatable bonds is 5. The number of amides is 1. The first-order valence-electron chi connectivity index (χ1n) is 5.56. The van der Waals surface area contributed by atoms with Crippen molar-refractivity contribution in [2.45, 2.75) is 26.8 Å². The molecule has 0 spiro atoms. The first-order chi connectivity index (χ1) is 8.40. The molecule has 0 aromatic carbocycles. The normalized spacial score (nSPS) is 10.1. The number of pyridine rings is 1. The maximum atomic E-state index is 11.6. The molecule has 0 saturated heterocycles. The zero-order valence-electron chi connectivity index (χ0n) is 10.4. The zero-order chi connectivity index (χ0) is 13.7. The fourth-order valence-corrected chi connectivity index (χ4v) is 1.65. The molecule has 1 rings (SSSR count). The number of carboxylic acid groups (broad SMARTS) is 1. The lowest BCUT2D eigenvalue weighted by molar-refractivity contribution is -0.136. The summed E-state index contributed by atoms with van der Waals surface area (Å²) in [5.41, 5.74) is 1.31. The number of carbonyl (C=O) groups is 2. The highest BCUT2D eigenvalue weighted by atomic mass is 16.4. The van der Waals surface area contributed by atoms with Crippen LogP contribution in [0.2, 0.25) is 0 Å². The quantitative estimate of drug-likeness (QED) is 0.775. The summed E-state index contributed by atoms with van der Waals surface area (Å²) in [4.78, 5) is 33.1. The van der Waals surface area contributed by atoms with Crippen LogP contribution in [0.4, 0.5) is 0 Å². The fraction of sp³-hybridized carbons (Fsp3) is 0.417. The van der Waals surface area contributed by atoms with Gasteiger partial charge < -0.3 is 15.0 Å². The van der Waals surface area contributed by atoms with E-state index in [-0.39, 0.29) is 30.8 Å². The second-order valence-electron chi connectivity index (χ2n) is 4.05. The SMILES string of the molecule is Cc1cc(=O)cc(C)n1CC(=O)NCCC(=O)O. The highest BCUT2D eigenvalue weighted by Gasteiger charge is 2.07. The van der Waals surface area contributed by atoms with Gasteiger partial charge in [-0.2, -0.15) is 0 Å². The number of hydrogen-bond donors (Lipinski definition) is 2. The van der Waals surface area contributed by atoms with E-state index in [1.165, 1.54) is 12.1 Å². The van der Waals surface area contributed by atoms with Crippen molar-refractivity contribution < 1.29 is 14.7 Å². The molecular formula is C12H16N2O4. The third kappa shape index (κ3) is 4.04. The van der Waals surface area contributed by atoms with Crippen LogP contribution in [0, 0.1) is 13.8 Å². The molecule has 0 unspecified atom stereocenters. The van der Waals surface area contributed by atoms with Gasteiger partial charge >= 0.3 is 5.97 Å². The number of carbonyl (C=O) groups excluding carboxylic acids is 1. The van der Waals surface area contributed by atoms with Crippen LogP contribution in [-0.4, -0.2) is 28.1 Å². The van der Waals surface area contributed by atoms with E-state index in [9.17, 15) is 14.4 Å². The topological polar surface area (TPSA) is 88.4 Å². The maximum Gasteiger partial charge on any atom is 0.305 e. The third-order valence-corrected chi connectivity index (χ3v) is 2.52. The highest BCUT2D eigenvalue weighted by molar-refractivity contribution is 5.76. The van der Waals surface area contributed by atoms with Crippen LogP contribution < -0.4 is 10.7 Å². The molecule has 0 radical (unpaired) electrons. The molecule has 0 bridgehead atoms. The Kier molecular flexibility index (Phi) is 4.65. The van der Waals surface area contributed by atoms with Gasteiger partial charge in [0.25, 0.3) is 0 Å². The predicted molar refractivity (Wildman–Crippen MR) is 65.4 cm³/mol. The Labute approximate surface area is 104 Å². The van der Waals surface area contributed by atoms with Crippen LogP contribution in [0.5, 0.6) is 0 Å². The van der Waals surface area contributed by atoms with Crippen LogP contribution in [0.3, 0.4) is 0 Å². The van der Waals surface area contributed by atoms with E-state index in [1.807, 2.05) is 0 Å². The van der Waals surface area contributed by atoms with Crippen molar-refractivity contribution in [2.75, 3.05) is 6.54 Å². The number of hydrogen-bond acceptors (Lipinski definition) is 3. The average Bonchev–Trinajstić information content (AvgIpc) is 2.22. The number of aromatic nitrogens is 1. The summed E-state index contributed by atoms with van der Waals surface area (Å²) in [7, 11) is 0. The van der Waals surface area contributed by atoms with Gasteiger partial charge in [-0.1, -0.05) is 0 Å². The summed E-state index contributed by atoms with van der Waals surface area (Å²) in [5.74, 6) is -1.22. The molecule has 1 aromatic rings. The van der Waals surface area contributed by atoms with E-state index >= 15 is 0 Å². The van der Waals surface area contributed by atoms with Gasteiger partial charge in [0.2, 0.25) is 5.91 Å². The molecule has 0 fully saturated rings. The molecule has 18 heavy (non-hydrogen) atoms. The summed E-state index contributed by atoms with van der Waals surface area (Å²) in [6.07, 6.45) is -0.103. The van der Waals surface area contributed by atoms with Crippen molar-refractivity contribution in [3.63, 3.8) is 0 Å². The lowest BCUT2D eigenvalue weighted by atomic mass is 10.3. The predicted octanol–water partition coefficient (Wildman–Crippen LogP) is 0.0560. The Morgan fingerprint density at radius 2 is 1.83 bits per heavy atom. The Hall–Kier alpha value is -2.11. The van der Waals surface area contributed by atoms with Crippen LogP contribution >= 0.6 is 0 Å². The lowest BCUT2D eigenvalue weighted by Crippen LogP contribution is -2.31. The van der Waals surface area contributed by atoms with Crippen LogP contribution in [-0.2, 0) is 16.1 Å². The second kappa shape index (κ2) is 6.00. The Balaban J connectivity index is 2.65. The molecule has 1 heterocycles. The van der Waals surface area contributed by atoms with Crippen molar-refractivity contribution in [1.82, 2.24) is 9.88 Å². The van der Waals surface area contributed by atoms with Crippen molar-refractivity contribution in [1.29, 1.82) is 0 Å². The van der Waals surface area contributed by atoms with Gasteiger partial charge in [-0.15, -0.1) is 0 Å². The van der Waals surface area contributed by atoms with Crippen molar-refractivity contribution in [2.24, 2.45) is 0 Å². The van der Waals surface area contributed by atoms with Gasteiger partial charge in [0.05, 0.1) is 6.42 Å². The summed E-state index contributed by atoms with van der Waals surface area (Å²) in [5, 5.41) is 11.0. The van der Waals surface area contributed by atoms with Crippen molar-refractivity contribution in [3.8, 4) is 0 Å². The van der Waals surface area contributed by atoms with E-state index in [2.05, 4.69) is 5.32 Å². The van der Waals surface area contributed by atoms with E-state index in [0.29, 0.717) is 11.4 Å². The third-order valence-electron chi connectivity index (χ3n) is 2.52. The van der Waals surface area contributed by atoms with Gasteiger partial charge in [0, 0.05) is 30.1 Å². The van der Waals surface area contributed by atoms with Gasteiger partial charge in [-0.05, 0) is 13.8 Å². The van der Waals surface area contributed by atoms with Gasteiger partial charge in [0.1, 0.15) is 6.54 Å². The summed E-state index contributed by atoms with van der Waals surface area (Å²) in [6, 6.07) is 2.91. The Morgan fingerprint density at radius 1 is 1.28 bits per heavy atom. The molecule has 0 aliphatic heterocycles. The maximum absolute atomic E-state index is 11.6. The fourth-order valence-electron chi connectivity index (χ4n) is 1.65. The minimum atomic E-state index is -0.953. The number of nitrogens with zero attached hydrogens (tertiary/aromatic N) is 1. The molecule has 2 N–H and O–H groups in total. The molecular weight excluding hydrogens is 236 g/mol. The van der Waals surface area contributed by atoms with E-state index < -0.39 is 5.97 Å². The highest BCUT2D eigenvalue weighted by Crippen LogP contribution is 2.01. The molecule has 0 atom stereocenters. The minimum Gasteiger partial charge on any atom is -0.481 e. The van der Waals surface area contributed by atoms with E-state index in [0.717, 1.165) is 0 Å². The Bertz CT molecular complexity index is 493. The first kappa shape index (κ1) is 14.0. The van der Waals surface area contributed by atoms with Gasteiger partial charge in [-0.25, -0.2) is 0 Å². The lowest BCUT2D eigenvalue weighted by Gasteiger charge is -2.13. The standard InChI is InChI=1S/C12H16N2O4/c1-8-5-10(15)6-9(2)14(8)7-11(16)13-4-3-12(17)18/h5-6H,3-4,7H2,1-2H3,(H,13,16)(H,17,18). The summed E-state index contributed by atoms with van der Waals surface area (Å²) in [6.45, 7) is 3.68. The van der Waals surface area contributed by atoms with E-state index in [4.69, 9.17) is 5.11 Å². The van der Waals surface area contributed by atoms with Gasteiger partial charge in [0.15, 0.2) is 5.43 Å². The van der Waals surface area contributed by atoms with Crippen molar-refractivity contribution in [3.05, 3.63) is 33.7 Å². The number of aliphatic carboxylic acids is 1. The van der Waals surface area contributed by atoms with E-state index in [1.54, 1.807) is 18.4 Å². The molecule has 6 heteroatoms. The molecule has 6 nitrogen and oxygen atoms in total. The first-order valence-corrected chi connectivity index (χ1v) is 5.56. The largest absolute Gasteiger partial charge is 0.481 e. The number of carboxylic acids is 1. The smallest absolute Gasteiger partial charge is 0.305 e. The molecule has 0 aliphatic rings. The number of nitrogens with one attached hydrogen (secondary N) is 1. The Morgan fingerprint density at radius 3 is 2.33 bits per heavy atom. The monoisotopic (exact) mass is 252 g/mol. The van der Waals surface area contributed by atoms with Gasteiger partial charge in [-0.3, -0.25) is 14.4 Å². The average molecular weight is 252 g/mol. The molecule has 1 aromatic heterocycles. The van der Waals surface area contributed by atoms with Crippen LogP contribution in [0.15, 0.2) is 16.9 Å². The molecule has 0 saturated carbocycles. The molecule has 1 amide bonds. The number of aryl methyl sites for hydroxylation is 2. The molecule has 98 valence electrons.